The molecule has 3 aliphatic rings. The molecule has 218 valence electrons. The molecule has 6 atom stereocenters. The van der Waals surface area contributed by atoms with E-state index in [1.165, 1.54) is 31.1 Å². The Morgan fingerprint density at radius 2 is 1.71 bits per heavy atom. The van der Waals surface area contributed by atoms with Gasteiger partial charge in [0, 0.05) is 31.3 Å². The number of phenolic OH excluding ortho intramolecular Hbond substituents is 2. The monoisotopic (exact) mass is 573 g/mol. The smallest absolute Gasteiger partial charge is 0.235 e. The fourth-order valence-corrected chi connectivity index (χ4v) is 6.87. The molecule has 0 bridgehead atoms. The minimum Gasteiger partial charge on any atom is -0.508 e. The van der Waals surface area contributed by atoms with Crippen molar-refractivity contribution in [3.8, 4) is 23.3 Å². The van der Waals surface area contributed by atoms with Crippen molar-refractivity contribution in [2.24, 2.45) is 29.4 Å². The number of Topliss-reactive ketones (excluding diaryl/α,β-unsaturated/α-hetero) is 4. The molecule has 11 heteroatoms. The average molecular weight is 574 g/mol. The van der Waals surface area contributed by atoms with Crippen molar-refractivity contribution in [1.82, 2.24) is 4.90 Å². The summed E-state index contributed by atoms with van der Waals surface area (Å²) in [5, 5.41) is 32.8. The van der Waals surface area contributed by atoms with Crippen LogP contribution in [0.4, 0.5) is 5.69 Å². The number of aromatic hydroxyl groups is 2. The van der Waals surface area contributed by atoms with Gasteiger partial charge in [-0.25, -0.2) is 0 Å². The number of aliphatic hydroxyl groups is 1. The number of hydrogen-bond donors (Lipinski definition) is 4. The van der Waals surface area contributed by atoms with E-state index in [0.717, 1.165) is 0 Å². The molecule has 0 aliphatic heterocycles. The van der Waals surface area contributed by atoms with Crippen LogP contribution in [0.3, 0.4) is 0 Å². The summed E-state index contributed by atoms with van der Waals surface area (Å²) in [5.74, 6) is -5.42. The molecule has 2 aromatic rings. The van der Waals surface area contributed by atoms with Gasteiger partial charge in [0.2, 0.25) is 5.91 Å². The van der Waals surface area contributed by atoms with Crippen molar-refractivity contribution in [2.75, 3.05) is 33.1 Å². The van der Waals surface area contributed by atoms with Crippen LogP contribution in [-0.2, 0) is 25.6 Å². The molecule has 0 aromatic heterocycles. The third-order valence-electron chi connectivity index (χ3n) is 8.71. The van der Waals surface area contributed by atoms with Crippen molar-refractivity contribution in [3.05, 3.63) is 52.6 Å². The van der Waals surface area contributed by atoms with Crippen LogP contribution in [-0.4, -0.2) is 89.1 Å². The maximum atomic E-state index is 14.1. The first-order valence-corrected chi connectivity index (χ1v) is 13.4. The normalized spacial score (nSPS) is 28.4. The van der Waals surface area contributed by atoms with E-state index in [1.54, 1.807) is 37.2 Å². The van der Waals surface area contributed by atoms with Gasteiger partial charge in [0.25, 0.3) is 0 Å². The number of anilines is 1. The molecule has 11 nitrogen and oxygen atoms in total. The largest absolute Gasteiger partial charge is 0.508 e. The summed E-state index contributed by atoms with van der Waals surface area (Å²) in [6, 6.07) is 6.66. The molecule has 2 saturated carbocycles. The van der Waals surface area contributed by atoms with Gasteiger partial charge in [-0.15, -0.1) is 0 Å². The minimum atomic E-state index is -2.79. The van der Waals surface area contributed by atoms with Crippen LogP contribution in [0.1, 0.15) is 33.5 Å². The summed E-state index contributed by atoms with van der Waals surface area (Å²) in [4.78, 5) is 70.1. The van der Waals surface area contributed by atoms with Gasteiger partial charge in [0.1, 0.15) is 11.5 Å². The number of ketones is 4. The van der Waals surface area contributed by atoms with Crippen LogP contribution in [0, 0.1) is 35.5 Å². The van der Waals surface area contributed by atoms with Gasteiger partial charge in [-0.1, -0.05) is 17.9 Å². The number of hydrogen-bond acceptors (Lipinski definition) is 10. The van der Waals surface area contributed by atoms with E-state index in [1.807, 2.05) is 0 Å². The highest BCUT2D eigenvalue weighted by Crippen LogP contribution is 2.52. The number of nitrogens with two attached hydrogens (primary N) is 1. The van der Waals surface area contributed by atoms with Crippen molar-refractivity contribution in [2.45, 2.75) is 24.5 Å². The summed E-state index contributed by atoms with van der Waals surface area (Å²) in [6.45, 7) is 0. The topological polar surface area (TPSA) is 179 Å². The summed E-state index contributed by atoms with van der Waals surface area (Å²) < 4.78 is 0. The summed E-state index contributed by atoms with van der Waals surface area (Å²) in [7, 11) is 6.59. The number of carbonyl (C=O) groups is 5. The van der Waals surface area contributed by atoms with Crippen molar-refractivity contribution in [3.63, 3.8) is 0 Å². The van der Waals surface area contributed by atoms with E-state index >= 15 is 0 Å². The highest BCUT2D eigenvalue weighted by atomic mass is 16.3. The molecular formula is C31H31N3O8. The van der Waals surface area contributed by atoms with Crippen molar-refractivity contribution >= 4 is 34.7 Å². The first-order valence-electron chi connectivity index (χ1n) is 13.4. The van der Waals surface area contributed by atoms with E-state index in [9.17, 15) is 39.3 Å². The Morgan fingerprint density at radius 3 is 2.31 bits per heavy atom. The lowest BCUT2D eigenvalue weighted by Crippen LogP contribution is -2.74. The number of phenols is 2. The second kappa shape index (κ2) is 10.1. The predicted octanol–water partition coefficient (Wildman–Crippen LogP) is 0.0384. The SMILES string of the molecule is CN(C)c1cc(C#Cc2cccc(O)c2)c(O)c2c1C[C@@H]1C[C@@H]3[C@@H](N(C)C)C(=O)C(C(N)=O)C(=O)[C@]3(O)C(=O)C1C2=O. The Bertz CT molecular complexity index is 1630. The maximum Gasteiger partial charge on any atom is 0.235 e. The van der Waals surface area contributed by atoms with Gasteiger partial charge in [-0.2, -0.15) is 0 Å². The van der Waals surface area contributed by atoms with Crippen LogP contribution in [0.15, 0.2) is 30.3 Å². The third-order valence-corrected chi connectivity index (χ3v) is 8.71. The van der Waals surface area contributed by atoms with E-state index in [2.05, 4.69) is 11.8 Å². The average Bonchev–Trinajstić information content (AvgIpc) is 2.89. The number of carbonyl (C=O) groups excluding carboxylic acids is 5. The lowest BCUT2D eigenvalue weighted by atomic mass is 9.52. The van der Waals surface area contributed by atoms with Gasteiger partial charge in [0.15, 0.2) is 34.7 Å². The number of nitrogens with zero attached hydrogens (tertiary/aromatic N) is 2. The summed E-state index contributed by atoms with van der Waals surface area (Å²) in [6.07, 6.45) is 0.115. The molecule has 0 heterocycles. The fourth-order valence-electron chi connectivity index (χ4n) is 6.87. The van der Waals surface area contributed by atoms with Gasteiger partial charge < -0.3 is 26.0 Å². The number of benzene rings is 2. The van der Waals surface area contributed by atoms with Crippen LogP contribution in [0.2, 0.25) is 0 Å². The Morgan fingerprint density at radius 1 is 1.02 bits per heavy atom. The lowest BCUT2D eigenvalue weighted by molar-refractivity contribution is -0.181. The Kier molecular flexibility index (Phi) is 6.95. The number of amides is 1. The maximum absolute atomic E-state index is 14.1. The third kappa shape index (κ3) is 4.18. The molecular weight excluding hydrogens is 542 g/mol. The molecule has 1 amide bonds. The van der Waals surface area contributed by atoms with Crippen molar-refractivity contribution in [1.29, 1.82) is 0 Å². The summed E-state index contributed by atoms with van der Waals surface area (Å²) >= 11 is 0. The second-order valence-corrected chi connectivity index (χ2v) is 11.6. The van der Waals surface area contributed by atoms with Gasteiger partial charge >= 0.3 is 0 Å². The molecule has 42 heavy (non-hydrogen) atoms. The van der Waals surface area contributed by atoms with E-state index in [4.69, 9.17) is 5.73 Å². The van der Waals surface area contributed by atoms with Crippen LogP contribution < -0.4 is 10.6 Å². The first kappa shape index (κ1) is 29.0. The van der Waals surface area contributed by atoms with Crippen LogP contribution >= 0.6 is 0 Å². The van der Waals surface area contributed by atoms with Gasteiger partial charge in [-0.3, -0.25) is 28.9 Å². The Balaban J connectivity index is 1.65. The molecule has 2 fully saturated rings. The quantitative estimate of drug-likeness (QED) is 0.289. The van der Waals surface area contributed by atoms with E-state index < -0.39 is 70.1 Å². The minimum absolute atomic E-state index is 0.00718. The Labute approximate surface area is 241 Å². The molecule has 3 aliphatic carbocycles. The highest BCUT2D eigenvalue weighted by molar-refractivity contribution is 6.32. The van der Waals surface area contributed by atoms with E-state index in [0.29, 0.717) is 16.8 Å². The fraction of sp³-hybridized carbons (Fsp3) is 0.387. The number of fused-ring (bicyclic) bond motifs is 3. The molecule has 0 saturated heterocycles. The zero-order chi connectivity index (χ0) is 30.8. The van der Waals surface area contributed by atoms with Gasteiger partial charge in [-0.05, 0) is 62.7 Å². The molecule has 0 spiro atoms. The number of likely N-dealkylation sites (N-methyl/N-ethyl adjacent to an activating group) is 1. The first-order chi connectivity index (χ1) is 19.7. The van der Waals surface area contributed by atoms with Crippen LogP contribution in [0.25, 0.3) is 0 Å². The second-order valence-electron chi connectivity index (χ2n) is 11.6. The zero-order valence-electron chi connectivity index (χ0n) is 23.5. The van der Waals surface area contributed by atoms with Crippen LogP contribution in [0.5, 0.6) is 11.5 Å². The number of rotatable bonds is 3. The molecule has 5 N–H and O–H groups in total. The number of primary amides is 1. The lowest BCUT2D eigenvalue weighted by Gasteiger charge is -2.52. The molecule has 5 rings (SSSR count). The molecule has 2 unspecified atom stereocenters. The predicted molar refractivity (Wildman–Crippen MR) is 150 cm³/mol. The highest BCUT2D eigenvalue weighted by Gasteiger charge is 2.69. The van der Waals surface area contributed by atoms with Gasteiger partial charge in [0.05, 0.1) is 23.1 Å². The Hall–Kier alpha value is -4.53. The van der Waals surface area contributed by atoms with Crippen molar-refractivity contribution < 1.29 is 39.3 Å². The van der Waals surface area contributed by atoms with E-state index in [-0.39, 0.29) is 29.7 Å². The standard InChI is InChI=1S/C31H31N3O8/c1-33(2)20-13-15(9-8-14-6-5-7-17(35)10-14)25(36)22-18(20)11-16-12-19-24(34(3)4)27(38)23(30(32)41)29(40)31(19,42)28(39)21(16)26(22)37/h5-7,10,13,16,19,21,23-24,35-36,42H,11-12H2,1-4H3,(H2,32,41)/t16-,19-,21?,23?,24-,31-/m1/s1. The molecule has 0 radical (unpaired) electrons. The summed E-state index contributed by atoms with van der Waals surface area (Å²) in [5.41, 5.74) is 4.08. The molecule has 2 aromatic carbocycles. The zero-order valence-corrected chi connectivity index (χ0v) is 23.5.